The topological polar surface area (TPSA) is 48.0 Å². The molecule has 0 aliphatic carbocycles. The van der Waals surface area contributed by atoms with Crippen LogP contribution in [0.3, 0.4) is 0 Å². The van der Waals surface area contributed by atoms with Gasteiger partial charge in [-0.3, -0.25) is 4.79 Å². The first-order valence-electron chi connectivity index (χ1n) is 8.00. The number of nitrogens with zero attached hydrogens (tertiary/aromatic N) is 2. The lowest BCUT2D eigenvalue weighted by Gasteiger charge is -2.09. The highest BCUT2D eigenvalue weighted by Gasteiger charge is 2.14. The molecule has 2 heterocycles. The lowest BCUT2D eigenvalue weighted by molar-refractivity contribution is 0.575. The van der Waals surface area contributed by atoms with E-state index in [9.17, 15) is 4.79 Å². The second-order valence-electron chi connectivity index (χ2n) is 5.82. The molecule has 0 aliphatic heterocycles. The normalized spacial score (nSPS) is 10.8. The van der Waals surface area contributed by atoms with Crippen molar-refractivity contribution in [2.75, 3.05) is 0 Å². The Hall–Kier alpha value is -3.40. The summed E-state index contributed by atoms with van der Waals surface area (Å²) in [5.41, 5.74) is 4.23. The quantitative estimate of drug-likeness (QED) is 0.561. The van der Waals surface area contributed by atoms with Crippen LogP contribution in [-0.4, -0.2) is 9.55 Å². The maximum Gasteiger partial charge on any atom is 0.250 e. The van der Waals surface area contributed by atoms with Gasteiger partial charge in [0.25, 0.3) is 5.56 Å². The minimum atomic E-state index is -0.0608. The Balaban J connectivity index is 1.87. The Morgan fingerprint density at radius 2 is 1.52 bits per heavy atom. The molecule has 4 aromatic rings. The van der Waals surface area contributed by atoms with Gasteiger partial charge < -0.3 is 8.98 Å². The van der Waals surface area contributed by atoms with Gasteiger partial charge in [-0.15, -0.1) is 0 Å². The van der Waals surface area contributed by atoms with E-state index in [0.29, 0.717) is 11.6 Å². The van der Waals surface area contributed by atoms with Gasteiger partial charge >= 0.3 is 0 Å². The van der Waals surface area contributed by atoms with Gasteiger partial charge in [-0.1, -0.05) is 48.5 Å². The molecule has 0 fully saturated rings. The summed E-state index contributed by atoms with van der Waals surface area (Å²) in [6.07, 6.45) is 3.44. The second-order valence-corrected chi connectivity index (χ2v) is 5.82. The predicted octanol–water partition coefficient (Wildman–Crippen LogP) is 4.37. The van der Waals surface area contributed by atoms with Gasteiger partial charge in [-0.25, -0.2) is 4.98 Å². The zero-order chi connectivity index (χ0) is 17.2. The summed E-state index contributed by atoms with van der Waals surface area (Å²) in [7, 11) is 1.73. The average molecular weight is 328 g/mol. The molecule has 0 radical (unpaired) electrons. The zero-order valence-corrected chi connectivity index (χ0v) is 13.7. The molecule has 2 aromatic heterocycles. The molecule has 122 valence electrons. The monoisotopic (exact) mass is 328 g/mol. The van der Waals surface area contributed by atoms with Gasteiger partial charge in [0.15, 0.2) is 0 Å². The Labute approximate surface area is 145 Å². The van der Waals surface area contributed by atoms with Crippen molar-refractivity contribution in [2.45, 2.75) is 0 Å². The van der Waals surface area contributed by atoms with Crippen molar-refractivity contribution in [3.8, 4) is 33.8 Å². The number of hydrogen-bond acceptors (Lipinski definition) is 3. The third-order valence-electron chi connectivity index (χ3n) is 4.11. The first-order valence-corrected chi connectivity index (χ1v) is 8.00. The molecule has 0 aliphatic rings. The minimum Gasteiger partial charge on any atom is -0.444 e. The van der Waals surface area contributed by atoms with Crippen LogP contribution in [0.5, 0.6) is 0 Å². The molecule has 0 amide bonds. The van der Waals surface area contributed by atoms with E-state index in [-0.39, 0.29) is 5.56 Å². The number of aryl methyl sites for hydroxylation is 1. The lowest BCUT2D eigenvalue weighted by Crippen LogP contribution is -2.15. The highest BCUT2D eigenvalue weighted by molar-refractivity contribution is 5.81. The number of rotatable bonds is 3. The summed E-state index contributed by atoms with van der Waals surface area (Å²) in [6, 6.07) is 21.2. The predicted molar refractivity (Wildman–Crippen MR) is 98.1 cm³/mol. The van der Waals surface area contributed by atoms with Crippen molar-refractivity contribution in [1.82, 2.24) is 9.55 Å². The van der Waals surface area contributed by atoms with E-state index >= 15 is 0 Å². The first kappa shape index (κ1) is 15.1. The number of oxazole rings is 1. The molecule has 2 aromatic carbocycles. The largest absolute Gasteiger partial charge is 0.444 e. The zero-order valence-electron chi connectivity index (χ0n) is 13.7. The summed E-state index contributed by atoms with van der Waals surface area (Å²) in [5, 5.41) is 0. The fourth-order valence-corrected chi connectivity index (χ4v) is 2.80. The van der Waals surface area contributed by atoms with Crippen LogP contribution < -0.4 is 5.56 Å². The van der Waals surface area contributed by atoms with E-state index in [1.54, 1.807) is 30.1 Å². The van der Waals surface area contributed by atoms with Crippen LogP contribution in [0.4, 0.5) is 0 Å². The van der Waals surface area contributed by atoms with Crippen molar-refractivity contribution in [3.63, 3.8) is 0 Å². The fourth-order valence-electron chi connectivity index (χ4n) is 2.80. The Morgan fingerprint density at radius 1 is 0.880 bits per heavy atom. The van der Waals surface area contributed by atoms with Crippen LogP contribution >= 0.6 is 0 Å². The molecule has 4 nitrogen and oxygen atoms in total. The van der Waals surface area contributed by atoms with Crippen LogP contribution in [0.15, 0.2) is 88.4 Å². The highest BCUT2D eigenvalue weighted by atomic mass is 16.3. The summed E-state index contributed by atoms with van der Waals surface area (Å²) in [6.45, 7) is 0. The van der Waals surface area contributed by atoms with Gasteiger partial charge in [-0.2, -0.15) is 0 Å². The molecule has 0 spiro atoms. The third kappa shape index (κ3) is 2.90. The summed E-state index contributed by atoms with van der Waals surface area (Å²) in [4.78, 5) is 16.8. The molecule has 0 unspecified atom stereocenters. The Kier molecular flexibility index (Phi) is 3.78. The van der Waals surface area contributed by atoms with E-state index in [1.807, 2.05) is 60.7 Å². The van der Waals surface area contributed by atoms with Crippen molar-refractivity contribution in [1.29, 1.82) is 0 Å². The van der Waals surface area contributed by atoms with Crippen LogP contribution in [0.1, 0.15) is 0 Å². The van der Waals surface area contributed by atoms with E-state index in [4.69, 9.17) is 4.42 Å². The molecule has 0 saturated heterocycles. The van der Waals surface area contributed by atoms with E-state index in [0.717, 1.165) is 22.3 Å². The van der Waals surface area contributed by atoms with Gasteiger partial charge in [0.1, 0.15) is 12.0 Å². The minimum absolute atomic E-state index is 0.0608. The number of pyridine rings is 1. The third-order valence-corrected chi connectivity index (χ3v) is 4.11. The standard InChI is InChI=1S/C21H16N2O2/c1-23-13-18(17(12-20(23)24)15-8-4-2-5-9-15)19-14-25-21(22-19)16-10-6-3-7-11-16/h2-14H,1H3. The molecule has 25 heavy (non-hydrogen) atoms. The van der Waals surface area contributed by atoms with Gasteiger partial charge in [-0.05, 0) is 23.3 Å². The maximum absolute atomic E-state index is 12.1. The van der Waals surface area contributed by atoms with Crippen molar-refractivity contribution in [2.24, 2.45) is 7.05 Å². The van der Waals surface area contributed by atoms with Crippen molar-refractivity contribution < 1.29 is 4.42 Å². The summed E-state index contributed by atoms with van der Waals surface area (Å²) in [5.74, 6) is 0.559. The molecule has 0 bridgehead atoms. The van der Waals surface area contributed by atoms with E-state index < -0.39 is 0 Å². The van der Waals surface area contributed by atoms with Crippen molar-refractivity contribution in [3.05, 3.63) is 89.5 Å². The molecule has 0 saturated carbocycles. The molecular formula is C21H16N2O2. The first-order chi connectivity index (χ1) is 12.2. The lowest BCUT2D eigenvalue weighted by atomic mass is 10.00. The Bertz CT molecular complexity index is 1060. The smallest absolute Gasteiger partial charge is 0.250 e. The summed E-state index contributed by atoms with van der Waals surface area (Å²) >= 11 is 0. The number of benzene rings is 2. The van der Waals surface area contributed by atoms with Crippen molar-refractivity contribution >= 4 is 0 Å². The second kappa shape index (κ2) is 6.24. The van der Waals surface area contributed by atoms with E-state index in [1.165, 1.54) is 0 Å². The average Bonchev–Trinajstić information content (AvgIpc) is 3.15. The SMILES string of the molecule is Cn1cc(-c2coc(-c3ccccc3)n2)c(-c2ccccc2)cc1=O. The number of aromatic nitrogens is 2. The van der Waals surface area contributed by atoms with Crippen LogP contribution in [-0.2, 0) is 7.05 Å². The van der Waals surface area contributed by atoms with Crippen LogP contribution in [0.25, 0.3) is 33.8 Å². The molecular weight excluding hydrogens is 312 g/mol. The van der Waals surface area contributed by atoms with Gasteiger partial charge in [0.2, 0.25) is 5.89 Å². The van der Waals surface area contributed by atoms with E-state index in [2.05, 4.69) is 4.98 Å². The molecule has 4 rings (SSSR count). The summed E-state index contributed by atoms with van der Waals surface area (Å²) < 4.78 is 7.22. The van der Waals surface area contributed by atoms with Crippen LogP contribution in [0.2, 0.25) is 0 Å². The maximum atomic E-state index is 12.1. The highest BCUT2D eigenvalue weighted by Crippen LogP contribution is 2.31. The van der Waals surface area contributed by atoms with Gasteiger partial charge in [0, 0.05) is 30.4 Å². The van der Waals surface area contributed by atoms with Crippen LogP contribution in [0, 0.1) is 0 Å². The molecule has 0 N–H and O–H groups in total. The molecule has 4 heteroatoms. The Morgan fingerprint density at radius 3 is 2.20 bits per heavy atom. The molecule has 0 atom stereocenters. The fraction of sp³-hybridized carbons (Fsp3) is 0.0476. The number of hydrogen-bond donors (Lipinski definition) is 0. The van der Waals surface area contributed by atoms with Gasteiger partial charge in [0.05, 0.1) is 0 Å².